The van der Waals surface area contributed by atoms with Crippen molar-refractivity contribution in [2.45, 2.75) is 46.6 Å². The highest BCUT2D eigenvalue weighted by Gasteiger charge is 2.03. The van der Waals surface area contributed by atoms with Gasteiger partial charge >= 0.3 is 0 Å². The Labute approximate surface area is 64.8 Å². The van der Waals surface area contributed by atoms with Crippen molar-refractivity contribution in [2.24, 2.45) is 5.92 Å². The van der Waals surface area contributed by atoms with Gasteiger partial charge in [-0.1, -0.05) is 20.8 Å². The summed E-state index contributed by atoms with van der Waals surface area (Å²) in [6, 6.07) is 0. The average Bonchev–Trinajstić information content (AvgIpc) is 1.82. The summed E-state index contributed by atoms with van der Waals surface area (Å²) in [5.41, 5.74) is 0. The molecule has 0 aliphatic rings. The molecule has 1 atom stereocenters. The van der Waals surface area contributed by atoms with Crippen LogP contribution in [0, 0.1) is 12.5 Å². The molecule has 1 unspecified atom stereocenters. The van der Waals surface area contributed by atoms with Crippen LogP contribution in [0.5, 0.6) is 0 Å². The third kappa shape index (κ3) is 6.09. The van der Waals surface area contributed by atoms with E-state index in [4.69, 9.17) is 4.74 Å². The van der Waals surface area contributed by atoms with Crippen LogP contribution in [0.25, 0.3) is 0 Å². The standard InChI is InChI=1S/C9H19O/c1-5-6-10-9(4)7-8(2)3/h6,8-9H,5,7H2,1-4H3. The molecule has 1 heteroatoms. The Hall–Kier alpha value is -0.0400. The highest BCUT2D eigenvalue weighted by Crippen LogP contribution is 2.08. The summed E-state index contributed by atoms with van der Waals surface area (Å²) in [5, 5.41) is 0. The van der Waals surface area contributed by atoms with Gasteiger partial charge in [0.25, 0.3) is 0 Å². The van der Waals surface area contributed by atoms with Crippen LogP contribution in [-0.2, 0) is 4.74 Å². The van der Waals surface area contributed by atoms with E-state index in [-0.39, 0.29) is 0 Å². The van der Waals surface area contributed by atoms with Crippen molar-refractivity contribution in [1.29, 1.82) is 0 Å². The molecule has 0 aromatic heterocycles. The van der Waals surface area contributed by atoms with E-state index in [1.807, 2.05) is 6.61 Å². The Morgan fingerprint density at radius 1 is 1.30 bits per heavy atom. The molecule has 0 spiro atoms. The summed E-state index contributed by atoms with van der Waals surface area (Å²) in [4.78, 5) is 0. The molecular weight excluding hydrogens is 124 g/mol. The van der Waals surface area contributed by atoms with Crippen LogP contribution in [0.4, 0.5) is 0 Å². The van der Waals surface area contributed by atoms with Crippen molar-refractivity contribution in [1.82, 2.24) is 0 Å². The quantitative estimate of drug-likeness (QED) is 0.575. The van der Waals surface area contributed by atoms with E-state index in [1.165, 1.54) is 0 Å². The molecule has 61 valence electrons. The van der Waals surface area contributed by atoms with Crippen LogP contribution in [0.2, 0.25) is 0 Å². The van der Waals surface area contributed by atoms with Crippen molar-refractivity contribution in [2.75, 3.05) is 0 Å². The second kappa shape index (κ2) is 5.72. The SMILES string of the molecule is CC[CH]OC(C)CC(C)C. The Morgan fingerprint density at radius 2 is 1.90 bits per heavy atom. The second-order valence-electron chi connectivity index (χ2n) is 3.15. The van der Waals surface area contributed by atoms with Gasteiger partial charge in [0.2, 0.25) is 0 Å². The topological polar surface area (TPSA) is 9.23 Å². The molecular formula is C9H19O. The highest BCUT2D eigenvalue weighted by molar-refractivity contribution is 4.56. The minimum atomic E-state index is 0.389. The lowest BCUT2D eigenvalue weighted by molar-refractivity contribution is 0.0988. The van der Waals surface area contributed by atoms with Crippen molar-refractivity contribution < 1.29 is 4.74 Å². The maximum atomic E-state index is 5.38. The van der Waals surface area contributed by atoms with E-state index in [2.05, 4.69) is 27.7 Å². The highest BCUT2D eigenvalue weighted by atomic mass is 16.5. The molecule has 0 N–H and O–H groups in total. The normalized spacial score (nSPS) is 14.1. The summed E-state index contributed by atoms with van der Waals surface area (Å²) < 4.78 is 5.38. The Bertz CT molecular complexity index is 69.1. The predicted octanol–water partition coefficient (Wildman–Crippen LogP) is 3.01. The lowest BCUT2D eigenvalue weighted by atomic mass is 10.1. The van der Waals surface area contributed by atoms with E-state index in [0.717, 1.165) is 18.8 Å². The number of hydrogen-bond acceptors (Lipinski definition) is 1. The summed E-state index contributed by atoms with van der Waals surface area (Å²) in [5.74, 6) is 0.736. The zero-order valence-electron chi connectivity index (χ0n) is 7.55. The smallest absolute Gasteiger partial charge is 0.0837 e. The molecule has 0 heterocycles. The van der Waals surface area contributed by atoms with Gasteiger partial charge < -0.3 is 4.74 Å². The molecule has 0 amide bonds. The summed E-state index contributed by atoms with van der Waals surface area (Å²) in [6.45, 7) is 10.5. The molecule has 1 nitrogen and oxygen atoms in total. The summed E-state index contributed by atoms with van der Waals surface area (Å²) in [6.07, 6.45) is 2.54. The van der Waals surface area contributed by atoms with E-state index < -0.39 is 0 Å². The van der Waals surface area contributed by atoms with Crippen molar-refractivity contribution in [3.05, 3.63) is 6.61 Å². The van der Waals surface area contributed by atoms with Crippen molar-refractivity contribution in [3.63, 3.8) is 0 Å². The molecule has 0 aromatic rings. The molecule has 0 aliphatic carbocycles. The fraction of sp³-hybridized carbons (Fsp3) is 0.889. The van der Waals surface area contributed by atoms with Gasteiger partial charge in [-0.25, -0.2) is 0 Å². The van der Waals surface area contributed by atoms with Crippen LogP contribution in [0.1, 0.15) is 40.5 Å². The lowest BCUT2D eigenvalue weighted by Crippen LogP contribution is -2.09. The van der Waals surface area contributed by atoms with E-state index in [9.17, 15) is 0 Å². The summed E-state index contributed by atoms with van der Waals surface area (Å²) in [7, 11) is 0. The molecule has 0 saturated carbocycles. The fourth-order valence-electron chi connectivity index (χ4n) is 0.980. The molecule has 0 aromatic carbocycles. The van der Waals surface area contributed by atoms with Gasteiger partial charge in [0.05, 0.1) is 12.7 Å². The molecule has 1 radical (unpaired) electrons. The third-order valence-corrected chi connectivity index (χ3v) is 1.30. The first kappa shape index (κ1) is 9.96. The summed E-state index contributed by atoms with van der Waals surface area (Å²) >= 11 is 0. The third-order valence-electron chi connectivity index (χ3n) is 1.30. The Kier molecular flexibility index (Phi) is 5.70. The van der Waals surface area contributed by atoms with Crippen LogP contribution >= 0.6 is 0 Å². The van der Waals surface area contributed by atoms with Gasteiger partial charge in [-0.2, -0.15) is 0 Å². The van der Waals surface area contributed by atoms with E-state index >= 15 is 0 Å². The van der Waals surface area contributed by atoms with Gasteiger partial charge in [0, 0.05) is 0 Å². The number of hydrogen-bond donors (Lipinski definition) is 0. The van der Waals surface area contributed by atoms with Crippen molar-refractivity contribution >= 4 is 0 Å². The fourth-order valence-corrected chi connectivity index (χ4v) is 0.980. The zero-order chi connectivity index (χ0) is 7.98. The second-order valence-corrected chi connectivity index (χ2v) is 3.15. The van der Waals surface area contributed by atoms with Gasteiger partial charge in [-0.15, -0.1) is 0 Å². The maximum Gasteiger partial charge on any atom is 0.0837 e. The van der Waals surface area contributed by atoms with Gasteiger partial charge in [0.15, 0.2) is 0 Å². The van der Waals surface area contributed by atoms with Gasteiger partial charge in [-0.05, 0) is 25.7 Å². The number of rotatable bonds is 5. The predicted molar refractivity (Wildman–Crippen MR) is 44.6 cm³/mol. The minimum Gasteiger partial charge on any atom is -0.373 e. The lowest BCUT2D eigenvalue weighted by Gasteiger charge is -2.13. The number of ether oxygens (including phenoxy) is 1. The zero-order valence-corrected chi connectivity index (χ0v) is 7.55. The first-order chi connectivity index (χ1) is 4.66. The Balaban J connectivity index is 3.16. The largest absolute Gasteiger partial charge is 0.373 e. The molecule has 0 fully saturated rings. The Morgan fingerprint density at radius 3 is 2.30 bits per heavy atom. The molecule has 0 bridgehead atoms. The van der Waals surface area contributed by atoms with Gasteiger partial charge in [-0.3, -0.25) is 0 Å². The molecule has 0 rings (SSSR count). The van der Waals surface area contributed by atoms with Crippen molar-refractivity contribution in [3.8, 4) is 0 Å². The maximum absolute atomic E-state index is 5.38. The van der Waals surface area contributed by atoms with Crippen LogP contribution < -0.4 is 0 Å². The van der Waals surface area contributed by atoms with E-state index in [1.54, 1.807) is 0 Å². The first-order valence-corrected chi connectivity index (χ1v) is 4.14. The average molecular weight is 143 g/mol. The molecule has 0 aliphatic heterocycles. The first-order valence-electron chi connectivity index (χ1n) is 4.14. The molecule has 0 saturated heterocycles. The van der Waals surface area contributed by atoms with Gasteiger partial charge in [0.1, 0.15) is 0 Å². The van der Waals surface area contributed by atoms with Crippen LogP contribution in [-0.4, -0.2) is 6.10 Å². The van der Waals surface area contributed by atoms with Crippen LogP contribution in [0.15, 0.2) is 0 Å². The molecule has 10 heavy (non-hydrogen) atoms. The van der Waals surface area contributed by atoms with Crippen LogP contribution in [0.3, 0.4) is 0 Å². The monoisotopic (exact) mass is 143 g/mol. The van der Waals surface area contributed by atoms with E-state index in [0.29, 0.717) is 6.10 Å². The minimum absolute atomic E-state index is 0.389.